The fourth-order valence-electron chi connectivity index (χ4n) is 2.35. The Morgan fingerprint density at radius 2 is 1.92 bits per heavy atom. The molecule has 0 saturated carbocycles. The molecule has 2 N–H and O–H groups in total. The number of thiophene rings is 1. The molecule has 0 fully saturated rings. The molecule has 2 heterocycles. The average molecular weight is 391 g/mol. The summed E-state index contributed by atoms with van der Waals surface area (Å²) in [7, 11) is -2.10. The van der Waals surface area contributed by atoms with Crippen molar-refractivity contribution in [2.24, 2.45) is 0 Å². The van der Waals surface area contributed by atoms with Crippen LogP contribution in [0.3, 0.4) is 0 Å². The summed E-state index contributed by atoms with van der Waals surface area (Å²) in [5, 5.41) is 7.93. The third kappa shape index (κ3) is 4.01. The standard InChI is InChI=1S/C17H17N3O4S2/c1-11(12-3-5-14(24-2)6-4-12)20-26(22,23)17-9-13(10-25-17)15-7-8-16(21)19-18-15/h3-11,20H,1-2H3,(H,19,21)/t11-/m1/s1. The van der Waals surface area contributed by atoms with Gasteiger partial charge in [0.25, 0.3) is 15.6 Å². The van der Waals surface area contributed by atoms with Crippen LogP contribution in [0, 0.1) is 0 Å². The minimum absolute atomic E-state index is 0.181. The second-order valence-electron chi connectivity index (χ2n) is 5.58. The maximum atomic E-state index is 12.6. The quantitative estimate of drug-likeness (QED) is 0.672. The highest BCUT2D eigenvalue weighted by Crippen LogP contribution is 2.28. The zero-order chi connectivity index (χ0) is 18.7. The van der Waals surface area contributed by atoms with E-state index in [1.54, 1.807) is 37.6 Å². The summed E-state index contributed by atoms with van der Waals surface area (Å²) >= 11 is 1.10. The highest BCUT2D eigenvalue weighted by atomic mass is 32.2. The Morgan fingerprint density at radius 3 is 2.54 bits per heavy atom. The Hall–Kier alpha value is -2.49. The molecule has 0 aliphatic carbocycles. The Labute approximate surface area is 154 Å². The minimum atomic E-state index is -3.68. The zero-order valence-corrected chi connectivity index (χ0v) is 15.7. The summed E-state index contributed by atoms with van der Waals surface area (Å²) in [4.78, 5) is 11.1. The highest BCUT2D eigenvalue weighted by Gasteiger charge is 2.21. The molecule has 7 nitrogen and oxygen atoms in total. The lowest BCUT2D eigenvalue weighted by atomic mass is 10.1. The monoisotopic (exact) mass is 391 g/mol. The van der Waals surface area contributed by atoms with Crippen molar-refractivity contribution in [3.05, 3.63) is 63.8 Å². The molecule has 1 aromatic carbocycles. The predicted octanol–water partition coefficient (Wildman–Crippen LogP) is 2.55. The van der Waals surface area contributed by atoms with E-state index in [1.807, 2.05) is 12.1 Å². The summed E-state index contributed by atoms with van der Waals surface area (Å²) < 4.78 is 33.2. The number of rotatable bonds is 6. The lowest BCUT2D eigenvalue weighted by molar-refractivity contribution is 0.414. The van der Waals surface area contributed by atoms with Gasteiger partial charge in [-0.05, 0) is 36.8 Å². The van der Waals surface area contributed by atoms with Crippen LogP contribution in [0.1, 0.15) is 18.5 Å². The summed E-state index contributed by atoms with van der Waals surface area (Å²) in [6, 6.07) is 11.2. The van der Waals surface area contributed by atoms with E-state index in [4.69, 9.17) is 4.74 Å². The molecule has 0 bridgehead atoms. The van der Waals surface area contributed by atoms with Crippen LogP contribution in [0.2, 0.25) is 0 Å². The smallest absolute Gasteiger partial charge is 0.264 e. The van der Waals surface area contributed by atoms with Gasteiger partial charge in [-0.25, -0.2) is 18.2 Å². The molecule has 3 aromatic rings. The van der Waals surface area contributed by atoms with Gasteiger partial charge in [-0.1, -0.05) is 12.1 Å². The molecule has 0 aliphatic heterocycles. The lowest BCUT2D eigenvalue weighted by Crippen LogP contribution is -2.26. The third-order valence-electron chi connectivity index (χ3n) is 3.76. The van der Waals surface area contributed by atoms with Crippen LogP contribution in [0.5, 0.6) is 5.75 Å². The molecule has 9 heteroatoms. The number of hydrogen-bond donors (Lipinski definition) is 2. The van der Waals surface area contributed by atoms with E-state index >= 15 is 0 Å². The van der Waals surface area contributed by atoms with E-state index in [0.717, 1.165) is 16.9 Å². The molecule has 0 unspecified atom stereocenters. The van der Waals surface area contributed by atoms with Crippen molar-refractivity contribution in [1.29, 1.82) is 0 Å². The number of benzene rings is 1. The molecular formula is C17H17N3O4S2. The molecule has 2 aromatic heterocycles. The highest BCUT2D eigenvalue weighted by molar-refractivity contribution is 7.91. The van der Waals surface area contributed by atoms with Crippen LogP contribution >= 0.6 is 11.3 Å². The SMILES string of the molecule is COc1ccc([C@@H](C)NS(=O)(=O)c2cc(-c3ccc(=O)[nH]n3)cs2)cc1. The van der Waals surface area contributed by atoms with Gasteiger partial charge in [0.2, 0.25) is 0 Å². The van der Waals surface area contributed by atoms with Gasteiger partial charge < -0.3 is 4.74 Å². The van der Waals surface area contributed by atoms with Gasteiger partial charge in [0.1, 0.15) is 9.96 Å². The first-order valence-corrected chi connectivity index (χ1v) is 10.1. The molecule has 3 rings (SSSR count). The molecule has 26 heavy (non-hydrogen) atoms. The first-order chi connectivity index (χ1) is 12.4. The summed E-state index contributed by atoms with van der Waals surface area (Å²) in [5.74, 6) is 0.708. The molecule has 0 aliphatic rings. The number of nitrogens with zero attached hydrogens (tertiary/aromatic N) is 1. The molecule has 0 amide bonds. The molecule has 0 saturated heterocycles. The number of sulfonamides is 1. The number of hydrogen-bond acceptors (Lipinski definition) is 6. The zero-order valence-electron chi connectivity index (χ0n) is 14.1. The van der Waals surface area contributed by atoms with Crippen molar-refractivity contribution in [2.45, 2.75) is 17.2 Å². The number of H-pyrrole nitrogens is 1. The van der Waals surface area contributed by atoms with Gasteiger partial charge in [-0.2, -0.15) is 5.10 Å². The lowest BCUT2D eigenvalue weighted by Gasteiger charge is -2.14. The van der Waals surface area contributed by atoms with Gasteiger partial charge in [-0.3, -0.25) is 4.79 Å². The van der Waals surface area contributed by atoms with E-state index in [1.165, 1.54) is 12.1 Å². The molecular weight excluding hydrogens is 374 g/mol. The van der Waals surface area contributed by atoms with Crippen LogP contribution in [0.15, 0.2) is 56.8 Å². The molecule has 0 spiro atoms. The van der Waals surface area contributed by atoms with Gasteiger partial charge in [-0.15, -0.1) is 11.3 Å². The minimum Gasteiger partial charge on any atom is -0.497 e. The molecule has 0 radical (unpaired) electrons. The topological polar surface area (TPSA) is 101 Å². The predicted molar refractivity (Wildman–Crippen MR) is 99.9 cm³/mol. The van der Waals surface area contributed by atoms with Crippen molar-refractivity contribution < 1.29 is 13.2 Å². The van der Waals surface area contributed by atoms with Crippen LogP contribution in [-0.2, 0) is 10.0 Å². The van der Waals surface area contributed by atoms with Gasteiger partial charge in [0.15, 0.2) is 0 Å². The number of aromatic nitrogens is 2. The Kier molecular flexibility index (Phi) is 5.21. The average Bonchev–Trinajstić information content (AvgIpc) is 3.13. The second kappa shape index (κ2) is 7.40. The Bertz CT molecular complexity index is 1040. The van der Waals surface area contributed by atoms with Crippen LogP contribution in [0.25, 0.3) is 11.3 Å². The number of ether oxygens (including phenoxy) is 1. The van der Waals surface area contributed by atoms with Crippen LogP contribution in [-0.4, -0.2) is 25.7 Å². The van der Waals surface area contributed by atoms with E-state index in [0.29, 0.717) is 17.0 Å². The largest absolute Gasteiger partial charge is 0.497 e. The third-order valence-corrected chi connectivity index (χ3v) is 6.74. The maximum absolute atomic E-state index is 12.6. The van der Waals surface area contributed by atoms with Gasteiger partial charge in [0.05, 0.1) is 12.8 Å². The molecule has 136 valence electrons. The normalized spacial score (nSPS) is 12.7. The van der Waals surface area contributed by atoms with Gasteiger partial charge in [0, 0.05) is 23.1 Å². The number of methoxy groups -OCH3 is 1. The Balaban J connectivity index is 1.79. The number of nitrogens with one attached hydrogen (secondary N) is 2. The van der Waals surface area contributed by atoms with E-state index in [2.05, 4.69) is 14.9 Å². The first kappa shape index (κ1) is 18.3. The van der Waals surface area contributed by atoms with Crippen molar-refractivity contribution in [2.75, 3.05) is 7.11 Å². The van der Waals surface area contributed by atoms with E-state index < -0.39 is 16.1 Å². The van der Waals surface area contributed by atoms with Crippen molar-refractivity contribution in [3.8, 4) is 17.0 Å². The van der Waals surface area contributed by atoms with Gasteiger partial charge >= 0.3 is 0 Å². The van der Waals surface area contributed by atoms with Crippen molar-refractivity contribution >= 4 is 21.4 Å². The van der Waals surface area contributed by atoms with Crippen molar-refractivity contribution in [1.82, 2.24) is 14.9 Å². The summed E-state index contributed by atoms with van der Waals surface area (Å²) in [5.41, 5.74) is 1.65. The van der Waals surface area contributed by atoms with Crippen LogP contribution in [0.4, 0.5) is 0 Å². The second-order valence-corrected chi connectivity index (χ2v) is 8.43. The maximum Gasteiger partial charge on any atom is 0.264 e. The fraction of sp³-hybridized carbons (Fsp3) is 0.176. The molecule has 1 atom stereocenters. The summed E-state index contributed by atoms with van der Waals surface area (Å²) in [6.07, 6.45) is 0. The fourth-order valence-corrected chi connectivity index (χ4v) is 4.77. The summed E-state index contributed by atoms with van der Waals surface area (Å²) in [6.45, 7) is 1.78. The van der Waals surface area contributed by atoms with Crippen molar-refractivity contribution in [3.63, 3.8) is 0 Å². The first-order valence-electron chi connectivity index (χ1n) is 7.70. The van der Waals surface area contributed by atoms with Crippen LogP contribution < -0.4 is 15.0 Å². The Morgan fingerprint density at radius 1 is 1.19 bits per heavy atom. The van der Waals surface area contributed by atoms with E-state index in [9.17, 15) is 13.2 Å². The number of aromatic amines is 1. The van der Waals surface area contributed by atoms with E-state index in [-0.39, 0.29) is 9.77 Å².